The second-order valence-corrected chi connectivity index (χ2v) is 7.97. The van der Waals surface area contributed by atoms with Gasteiger partial charge in [-0.2, -0.15) is 5.10 Å². The highest BCUT2D eigenvalue weighted by Crippen LogP contribution is 2.39. The summed E-state index contributed by atoms with van der Waals surface area (Å²) in [6.07, 6.45) is 5.28. The Bertz CT molecular complexity index is 1030. The van der Waals surface area contributed by atoms with Gasteiger partial charge in [-0.1, -0.05) is 11.6 Å². The van der Waals surface area contributed by atoms with E-state index < -0.39 is 0 Å². The predicted molar refractivity (Wildman–Crippen MR) is 107 cm³/mol. The number of nitrogens with two attached hydrogens (primary N) is 2. The Labute approximate surface area is 166 Å². The number of rotatable bonds is 2. The van der Waals surface area contributed by atoms with E-state index in [1.54, 1.807) is 12.3 Å². The van der Waals surface area contributed by atoms with Crippen molar-refractivity contribution in [2.24, 2.45) is 11.1 Å². The van der Waals surface area contributed by atoms with Crippen LogP contribution in [0.3, 0.4) is 0 Å². The largest absolute Gasteiger partial charge is 0.384 e. The summed E-state index contributed by atoms with van der Waals surface area (Å²) in [4.78, 5) is 15.5. The summed E-state index contributed by atoms with van der Waals surface area (Å²) >= 11 is 6.27. The summed E-state index contributed by atoms with van der Waals surface area (Å²) in [6.45, 7) is 3.16. The minimum absolute atomic E-state index is 0.103. The molecule has 10 heteroatoms. The summed E-state index contributed by atoms with van der Waals surface area (Å²) in [5, 5.41) is 7.77. The monoisotopic (exact) mass is 400 g/mol. The summed E-state index contributed by atoms with van der Waals surface area (Å²) in [5.41, 5.74) is 14.7. The first-order valence-electron chi connectivity index (χ1n) is 9.26. The average molecular weight is 401 g/mol. The molecule has 5 rings (SSSR count). The number of pyridine rings is 1. The van der Waals surface area contributed by atoms with Crippen LogP contribution in [0.4, 0.5) is 11.6 Å². The van der Waals surface area contributed by atoms with E-state index in [-0.39, 0.29) is 11.5 Å². The normalized spacial score (nSPS) is 21.6. The summed E-state index contributed by atoms with van der Waals surface area (Å²) in [5.74, 6) is 1.19. The number of hydrogen-bond acceptors (Lipinski definition) is 8. The minimum atomic E-state index is 0.103. The molecule has 5 N–H and O–H groups in total. The van der Waals surface area contributed by atoms with Crippen LogP contribution in [0.2, 0.25) is 5.02 Å². The summed E-state index contributed by atoms with van der Waals surface area (Å²) in [7, 11) is 0. The molecule has 0 radical (unpaired) electrons. The van der Waals surface area contributed by atoms with Crippen molar-refractivity contribution >= 4 is 34.4 Å². The number of halogens is 1. The zero-order valence-electron chi connectivity index (χ0n) is 15.2. The highest BCUT2D eigenvalue weighted by Gasteiger charge is 2.44. The highest BCUT2D eigenvalue weighted by atomic mass is 35.5. The van der Waals surface area contributed by atoms with E-state index in [0.29, 0.717) is 39.9 Å². The molecule has 2 aliphatic rings. The third-order valence-corrected chi connectivity index (χ3v) is 6.26. The lowest BCUT2D eigenvalue weighted by atomic mass is 9.75. The maximum absolute atomic E-state index is 6.27. The molecule has 5 heterocycles. The molecule has 0 saturated carbocycles. The molecule has 0 unspecified atom stereocenters. The summed E-state index contributed by atoms with van der Waals surface area (Å²) < 4.78 is 5.60. The van der Waals surface area contributed by atoms with Gasteiger partial charge in [-0.15, -0.1) is 0 Å². The van der Waals surface area contributed by atoms with Gasteiger partial charge in [-0.25, -0.2) is 15.0 Å². The van der Waals surface area contributed by atoms with Crippen LogP contribution < -0.4 is 16.4 Å². The van der Waals surface area contributed by atoms with Crippen LogP contribution in [-0.2, 0) is 4.74 Å². The number of fused-ring (bicyclic) bond motifs is 1. The molecular weight excluding hydrogens is 380 g/mol. The number of aromatic amines is 1. The van der Waals surface area contributed by atoms with Gasteiger partial charge >= 0.3 is 0 Å². The number of anilines is 2. The maximum Gasteiger partial charge on any atom is 0.202 e. The lowest BCUT2D eigenvalue weighted by molar-refractivity contribution is 0.131. The minimum Gasteiger partial charge on any atom is -0.384 e. The highest BCUT2D eigenvalue weighted by molar-refractivity contribution is 6.33. The molecule has 0 amide bonds. The molecule has 3 aromatic rings. The first kappa shape index (κ1) is 17.6. The SMILES string of the molecule is Nc1cc(-c2[nH]nc3nc(N4CCC5(CC4)COC[C@H]5N)cnc23)c(Cl)cn1. The van der Waals surface area contributed by atoms with Crippen LogP contribution in [0, 0.1) is 5.41 Å². The van der Waals surface area contributed by atoms with Gasteiger partial charge < -0.3 is 21.1 Å². The van der Waals surface area contributed by atoms with Crippen LogP contribution in [0.15, 0.2) is 18.5 Å². The Morgan fingerprint density at radius 2 is 2.07 bits per heavy atom. The quantitative estimate of drug-likeness (QED) is 0.590. The van der Waals surface area contributed by atoms with E-state index in [9.17, 15) is 0 Å². The Morgan fingerprint density at radius 3 is 2.82 bits per heavy atom. The van der Waals surface area contributed by atoms with Gasteiger partial charge in [0, 0.05) is 36.3 Å². The number of H-pyrrole nitrogens is 1. The fourth-order valence-corrected chi connectivity index (χ4v) is 4.34. The Morgan fingerprint density at radius 1 is 1.25 bits per heavy atom. The summed E-state index contributed by atoms with van der Waals surface area (Å²) in [6, 6.07) is 1.82. The fraction of sp³-hybridized carbons (Fsp3) is 0.444. The van der Waals surface area contributed by atoms with E-state index in [1.165, 1.54) is 6.20 Å². The van der Waals surface area contributed by atoms with Crippen molar-refractivity contribution in [2.75, 3.05) is 36.9 Å². The van der Waals surface area contributed by atoms with Crippen LogP contribution in [0.1, 0.15) is 12.8 Å². The maximum atomic E-state index is 6.27. The van der Waals surface area contributed by atoms with Crippen LogP contribution >= 0.6 is 11.6 Å². The van der Waals surface area contributed by atoms with Gasteiger partial charge in [-0.05, 0) is 18.9 Å². The average Bonchev–Trinajstić information content (AvgIpc) is 3.28. The van der Waals surface area contributed by atoms with Crippen LogP contribution in [0.25, 0.3) is 22.4 Å². The lowest BCUT2D eigenvalue weighted by Crippen LogP contribution is -2.49. The molecule has 1 atom stereocenters. The lowest BCUT2D eigenvalue weighted by Gasteiger charge is -2.41. The topological polar surface area (TPSA) is 132 Å². The predicted octanol–water partition coefficient (Wildman–Crippen LogP) is 1.59. The molecule has 146 valence electrons. The zero-order valence-corrected chi connectivity index (χ0v) is 16.0. The number of nitrogens with zero attached hydrogens (tertiary/aromatic N) is 5. The standard InChI is InChI=1S/C18H21ClN8O/c19-11-6-22-13(21)5-10(11)15-16-17(26-25-15)24-14(7-23-16)27-3-1-18(2-4-27)9-28-8-12(18)20/h5-7,12H,1-4,8-9,20H2,(H2,21,22)(H,24,25,26)/t12-/m1/s1. The van der Waals surface area contributed by atoms with Crippen molar-refractivity contribution in [2.45, 2.75) is 18.9 Å². The zero-order chi connectivity index (χ0) is 19.3. The first-order chi connectivity index (χ1) is 13.6. The van der Waals surface area contributed by atoms with Gasteiger partial charge in [-0.3, -0.25) is 5.10 Å². The van der Waals surface area contributed by atoms with E-state index >= 15 is 0 Å². The van der Waals surface area contributed by atoms with Crippen molar-refractivity contribution in [3.05, 3.63) is 23.5 Å². The second kappa shape index (κ2) is 6.54. The Balaban J connectivity index is 1.42. The number of ether oxygens (including phenoxy) is 1. The van der Waals surface area contributed by atoms with Crippen molar-refractivity contribution in [1.82, 2.24) is 25.1 Å². The number of nitrogens with one attached hydrogen (secondary N) is 1. The van der Waals surface area contributed by atoms with Crippen molar-refractivity contribution in [3.8, 4) is 11.3 Å². The molecule has 2 saturated heterocycles. The molecule has 0 aromatic carbocycles. The second-order valence-electron chi connectivity index (χ2n) is 7.56. The Hall–Kier alpha value is -2.49. The van der Waals surface area contributed by atoms with Crippen molar-refractivity contribution in [3.63, 3.8) is 0 Å². The molecule has 2 aliphatic heterocycles. The number of nitrogen functional groups attached to an aromatic ring is 1. The molecular formula is C18H21ClN8O. The first-order valence-corrected chi connectivity index (χ1v) is 9.64. The smallest absolute Gasteiger partial charge is 0.202 e. The fourth-order valence-electron chi connectivity index (χ4n) is 4.14. The molecule has 0 bridgehead atoms. The number of hydrogen-bond donors (Lipinski definition) is 3. The molecule has 0 aliphatic carbocycles. The van der Waals surface area contributed by atoms with Crippen molar-refractivity contribution in [1.29, 1.82) is 0 Å². The van der Waals surface area contributed by atoms with Gasteiger partial charge in [0.05, 0.1) is 30.1 Å². The van der Waals surface area contributed by atoms with Gasteiger partial charge in [0.25, 0.3) is 0 Å². The van der Waals surface area contributed by atoms with E-state index in [0.717, 1.165) is 38.4 Å². The third kappa shape index (κ3) is 2.78. The molecule has 2 fully saturated rings. The van der Waals surface area contributed by atoms with E-state index in [1.807, 2.05) is 0 Å². The number of aromatic nitrogens is 5. The molecule has 1 spiro atoms. The van der Waals surface area contributed by atoms with Crippen LogP contribution in [-0.4, -0.2) is 57.5 Å². The van der Waals surface area contributed by atoms with Crippen molar-refractivity contribution < 1.29 is 4.74 Å². The van der Waals surface area contributed by atoms with Gasteiger partial charge in [0.15, 0.2) is 0 Å². The third-order valence-electron chi connectivity index (χ3n) is 5.95. The van der Waals surface area contributed by atoms with E-state index in [2.05, 4.69) is 25.1 Å². The van der Waals surface area contributed by atoms with Crippen LogP contribution in [0.5, 0.6) is 0 Å². The van der Waals surface area contributed by atoms with E-state index in [4.69, 9.17) is 32.8 Å². The molecule has 3 aromatic heterocycles. The Kier molecular flexibility index (Phi) is 4.11. The van der Waals surface area contributed by atoms with Gasteiger partial charge in [0.1, 0.15) is 17.2 Å². The molecule has 28 heavy (non-hydrogen) atoms. The number of piperidine rings is 1. The van der Waals surface area contributed by atoms with Gasteiger partial charge in [0.2, 0.25) is 5.65 Å². The molecule has 9 nitrogen and oxygen atoms in total.